The van der Waals surface area contributed by atoms with Crippen molar-refractivity contribution in [1.82, 2.24) is 0 Å². The van der Waals surface area contributed by atoms with Crippen LogP contribution in [0.3, 0.4) is 0 Å². The van der Waals surface area contributed by atoms with Gasteiger partial charge in [0, 0.05) is 5.02 Å². The molecular weight excluding hydrogens is 304 g/mol. The highest BCUT2D eigenvalue weighted by molar-refractivity contribution is 6.30. The minimum absolute atomic E-state index is 0.0186. The smallest absolute Gasteiger partial charge is 0.178 e. The van der Waals surface area contributed by atoms with E-state index in [9.17, 15) is 4.79 Å². The summed E-state index contributed by atoms with van der Waals surface area (Å²) in [5.74, 6) is 0.0327. The fourth-order valence-corrected chi connectivity index (χ4v) is 2.96. The van der Waals surface area contributed by atoms with Gasteiger partial charge in [-0.1, -0.05) is 65.3 Å². The van der Waals surface area contributed by atoms with Crippen LogP contribution in [-0.2, 0) is 15.6 Å². The maximum absolute atomic E-state index is 11.3. The molecule has 1 aliphatic rings. The van der Waals surface area contributed by atoms with Gasteiger partial charge >= 0.3 is 0 Å². The van der Waals surface area contributed by atoms with Gasteiger partial charge in [-0.05, 0) is 63.5 Å². The molecule has 0 saturated heterocycles. The van der Waals surface area contributed by atoms with Crippen LogP contribution in [0, 0.1) is 0 Å². The first kappa shape index (κ1) is 17.7. The Morgan fingerprint density at radius 2 is 1.26 bits per heavy atom. The van der Waals surface area contributed by atoms with Crippen LogP contribution < -0.4 is 0 Å². The van der Waals surface area contributed by atoms with E-state index in [-0.39, 0.29) is 16.6 Å². The minimum atomic E-state index is -0.0186. The molecular formula is C21H25ClO. The molecule has 0 bridgehead atoms. The van der Waals surface area contributed by atoms with Crippen molar-refractivity contribution in [1.29, 1.82) is 0 Å². The molecule has 23 heavy (non-hydrogen) atoms. The molecule has 0 unspecified atom stereocenters. The number of rotatable bonds is 1. The fourth-order valence-electron chi connectivity index (χ4n) is 2.75. The van der Waals surface area contributed by atoms with Gasteiger partial charge in [-0.25, -0.2) is 0 Å². The monoisotopic (exact) mass is 328 g/mol. The van der Waals surface area contributed by atoms with Gasteiger partial charge in [0.2, 0.25) is 0 Å². The Balaban J connectivity index is 2.73. The van der Waals surface area contributed by atoms with E-state index < -0.39 is 0 Å². The van der Waals surface area contributed by atoms with Crippen molar-refractivity contribution in [3.05, 3.63) is 63.7 Å². The van der Waals surface area contributed by atoms with Gasteiger partial charge in [0.25, 0.3) is 0 Å². The van der Waals surface area contributed by atoms with Crippen molar-refractivity contribution in [3.8, 4) is 0 Å². The van der Waals surface area contributed by atoms with Crippen LogP contribution >= 0.6 is 11.6 Å². The van der Waals surface area contributed by atoms with Gasteiger partial charge < -0.3 is 0 Å². The van der Waals surface area contributed by atoms with Crippen molar-refractivity contribution in [2.24, 2.45) is 0 Å². The van der Waals surface area contributed by atoms with E-state index in [0.717, 1.165) is 10.6 Å². The van der Waals surface area contributed by atoms with Gasteiger partial charge in [-0.15, -0.1) is 0 Å². The third kappa shape index (κ3) is 4.23. The molecule has 0 fully saturated rings. The predicted octanol–water partition coefficient (Wildman–Crippen LogP) is 6.01. The van der Waals surface area contributed by atoms with Crippen molar-refractivity contribution < 1.29 is 4.79 Å². The Labute approximate surface area is 144 Å². The van der Waals surface area contributed by atoms with E-state index >= 15 is 0 Å². The standard InChI is InChI=1S/C21H25ClO/c1-20(2,3)18-12-15(22)13-19(21(4,5)6)17(18)11-14-7-9-16(23)10-8-14/h7-13H,1-6H3. The highest BCUT2D eigenvalue weighted by Crippen LogP contribution is 2.38. The topological polar surface area (TPSA) is 17.1 Å². The summed E-state index contributed by atoms with van der Waals surface area (Å²) in [4.78, 5) is 11.3. The fraction of sp³-hybridized carbons (Fsp3) is 0.381. The van der Waals surface area contributed by atoms with Crippen LogP contribution in [-0.4, -0.2) is 5.78 Å². The number of benzene rings is 1. The summed E-state index contributed by atoms with van der Waals surface area (Å²) in [5.41, 5.74) is 4.64. The Morgan fingerprint density at radius 3 is 1.65 bits per heavy atom. The molecule has 0 amide bonds. The molecule has 1 aliphatic carbocycles. The van der Waals surface area contributed by atoms with Crippen LogP contribution in [0.4, 0.5) is 0 Å². The first-order valence-corrected chi connectivity index (χ1v) is 8.32. The molecule has 2 heteroatoms. The number of carbonyl (C=O) groups is 1. The quantitative estimate of drug-likeness (QED) is 0.616. The average molecular weight is 329 g/mol. The molecule has 0 N–H and O–H groups in total. The van der Waals surface area contributed by atoms with Crippen molar-refractivity contribution >= 4 is 23.5 Å². The third-order valence-corrected chi connectivity index (χ3v) is 4.17. The van der Waals surface area contributed by atoms with Gasteiger partial charge in [0.15, 0.2) is 5.78 Å². The average Bonchev–Trinajstić information content (AvgIpc) is 2.40. The number of hydrogen-bond acceptors (Lipinski definition) is 1. The number of allylic oxidation sites excluding steroid dienone is 5. The van der Waals surface area contributed by atoms with Crippen LogP contribution in [0.2, 0.25) is 5.02 Å². The predicted molar refractivity (Wildman–Crippen MR) is 100 cm³/mol. The highest BCUT2D eigenvalue weighted by atomic mass is 35.5. The molecule has 0 radical (unpaired) electrons. The van der Waals surface area contributed by atoms with Gasteiger partial charge in [0.05, 0.1) is 0 Å². The second-order valence-electron chi connectivity index (χ2n) is 8.13. The zero-order valence-corrected chi connectivity index (χ0v) is 15.6. The maximum atomic E-state index is 11.3. The van der Waals surface area contributed by atoms with Crippen molar-refractivity contribution in [3.63, 3.8) is 0 Å². The summed E-state index contributed by atoms with van der Waals surface area (Å²) >= 11 is 6.40. The summed E-state index contributed by atoms with van der Waals surface area (Å²) in [5, 5.41) is 0.770. The molecule has 0 aromatic heterocycles. The van der Waals surface area contributed by atoms with Crippen LogP contribution in [0.5, 0.6) is 0 Å². The first-order valence-electron chi connectivity index (χ1n) is 7.95. The molecule has 0 atom stereocenters. The molecule has 1 aromatic carbocycles. The van der Waals surface area contributed by atoms with E-state index in [4.69, 9.17) is 11.6 Å². The summed E-state index contributed by atoms with van der Waals surface area (Å²) in [7, 11) is 0. The summed E-state index contributed by atoms with van der Waals surface area (Å²) in [6.45, 7) is 13.2. The lowest BCUT2D eigenvalue weighted by molar-refractivity contribution is -0.110. The zero-order valence-electron chi connectivity index (χ0n) is 14.8. The number of hydrogen-bond donors (Lipinski definition) is 0. The number of ketones is 1. The molecule has 1 nitrogen and oxygen atoms in total. The Morgan fingerprint density at radius 1 is 0.826 bits per heavy atom. The zero-order chi connectivity index (χ0) is 17.4. The number of carbonyl (C=O) groups excluding carboxylic acids is 1. The summed E-state index contributed by atoms with van der Waals surface area (Å²) < 4.78 is 0. The van der Waals surface area contributed by atoms with E-state index in [1.165, 1.54) is 16.7 Å². The molecule has 0 saturated carbocycles. The number of halogens is 1. The molecule has 2 rings (SSSR count). The normalized spacial score (nSPS) is 15.3. The Bertz CT molecular complexity index is 666. The van der Waals surface area contributed by atoms with Crippen molar-refractivity contribution in [2.75, 3.05) is 0 Å². The largest absolute Gasteiger partial charge is 0.290 e. The SMILES string of the molecule is CC(C)(C)c1cc(Cl)cc(C(C)(C)C)c1C=C1C=CC(=O)C=C1. The lowest BCUT2D eigenvalue weighted by Crippen LogP contribution is -2.19. The molecule has 0 heterocycles. The van der Waals surface area contributed by atoms with Crippen LogP contribution in [0.15, 0.2) is 42.0 Å². The van der Waals surface area contributed by atoms with Gasteiger partial charge in [0.1, 0.15) is 0 Å². The molecule has 1 aromatic rings. The van der Waals surface area contributed by atoms with E-state index in [2.05, 4.69) is 59.8 Å². The Hall–Kier alpha value is -1.60. The third-order valence-electron chi connectivity index (χ3n) is 3.95. The summed E-state index contributed by atoms with van der Waals surface area (Å²) in [6.07, 6.45) is 9.12. The minimum Gasteiger partial charge on any atom is -0.290 e. The Kier molecular flexibility index (Phi) is 4.73. The lowest BCUT2D eigenvalue weighted by atomic mass is 9.76. The van der Waals surface area contributed by atoms with E-state index in [1.54, 1.807) is 12.2 Å². The maximum Gasteiger partial charge on any atom is 0.178 e. The van der Waals surface area contributed by atoms with E-state index in [0.29, 0.717) is 0 Å². The van der Waals surface area contributed by atoms with Crippen LogP contribution in [0.25, 0.3) is 6.08 Å². The first-order chi connectivity index (χ1) is 10.5. The van der Waals surface area contributed by atoms with Gasteiger partial charge in [-0.2, -0.15) is 0 Å². The second kappa shape index (κ2) is 6.13. The summed E-state index contributed by atoms with van der Waals surface area (Å²) in [6, 6.07) is 4.12. The second-order valence-corrected chi connectivity index (χ2v) is 8.56. The van der Waals surface area contributed by atoms with Crippen molar-refractivity contribution in [2.45, 2.75) is 52.4 Å². The van der Waals surface area contributed by atoms with Gasteiger partial charge in [-0.3, -0.25) is 4.79 Å². The molecule has 0 spiro atoms. The van der Waals surface area contributed by atoms with E-state index in [1.807, 2.05) is 12.2 Å². The lowest BCUT2D eigenvalue weighted by Gasteiger charge is -2.29. The molecule has 0 aliphatic heterocycles. The van der Waals surface area contributed by atoms with Crippen LogP contribution in [0.1, 0.15) is 58.2 Å². The molecule has 122 valence electrons. The highest BCUT2D eigenvalue weighted by Gasteiger charge is 2.25.